The Hall–Kier alpha value is -7.54. The number of non-ortho nitro benzene ring substituents is 1. The normalized spacial score (nSPS) is 16.6. The lowest BCUT2D eigenvalue weighted by molar-refractivity contribution is -0.384. The van der Waals surface area contributed by atoms with Gasteiger partial charge in [0.2, 0.25) is 5.88 Å². The van der Waals surface area contributed by atoms with Crippen molar-refractivity contribution in [3.05, 3.63) is 219 Å². The van der Waals surface area contributed by atoms with Crippen LogP contribution in [0.2, 0.25) is 0 Å². The number of carbonyl (C=O) groups excluding carboxylic acids is 1. The smallest absolute Gasteiger partial charge is 0.410 e. The molecule has 1 aliphatic carbocycles. The van der Waals surface area contributed by atoms with E-state index in [1.165, 1.54) is 12.1 Å². The van der Waals surface area contributed by atoms with Crippen molar-refractivity contribution in [1.82, 2.24) is 9.88 Å². The zero-order chi connectivity index (χ0) is 45.6. The summed E-state index contributed by atoms with van der Waals surface area (Å²) in [6, 6.07) is 50.2. The average Bonchev–Trinajstić information content (AvgIpc) is 3.88. The van der Waals surface area contributed by atoms with E-state index in [1.807, 2.05) is 109 Å². The quantitative estimate of drug-likeness (QED) is 0.0566. The van der Waals surface area contributed by atoms with Crippen molar-refractivity contribution >= 4 is 11.8 Å². The van der Waals surface area contributed by atoms with Crippen LogP contribution in [-0.4, -0.2) is 72.2 Å². The van der Waals surface area contributed by atoms with Crippen molar-refractivity contribution in [3.8, 4) is 28.5 Å². The number of nitro benzene ring substituents is 1. The van der Waals surface area contributed by atoms with Crippen molar-refractivity contribution in [3.63, 3.8) is 0 Å². The number of likely N-dealkylation sites (tertiary alicyclic amines) is 1. The summed E-state index contributed by atoms with van der Waals surface area (Å²) in [7, 11) is 3.24. The lowest BCUT2D eigenvalue weighted by Gasteiger charge is -2.38. The number of nitro groups is 1. The molecule has 12 nitrogen and oxygen atoms in total. The van der Waals surface area contributed by atoms with Crippen LogP contribution < -0.4 is 14.2 Å². The SMILES string of the molecule is COc1ccc(C(OC[C@@H]2[C@@H](O)C[C@H](c3ccc(OCCc4ccc([N+](=O)[O-])cc4)nc3)N2C(=O)OCC2c3ccccc3-c3ccccc32)(c2ccccc2)c2ccc(OC)cc2)cc1. The molecule has 2 aliphatic rings. The van der Waals surface area contributed by atoms with Crippen molar-refractivity contribution in [2.24, 2.45) is 0 Å². The number of rotatable bonds is 16. The molecule has 9 rings (SSSR count). The molecule has 2 heterocycles. The van der Waals surface area contributed by atoms with Crippen LogP contribution in [0.1, 0.15) is 57.3 Å². The number of ether oxygens (including phenoxy) is 5. The molecule has 1 saturated heterocycles. The topological polar surface area (TPSA) is 143 Å². The first-order valence-electron chi connectivity index (χ1n) is 21.9. The molecule has 0 spiro atoms. The molecule has 3 atom stereocenters. The summed E-state index contributed by atoms with van der Waals surface area (Å²) in [6.45, 7) is 0.306. The predicted octanol–water partition coefficient (Wildman–Crippen LogP) is 10.1. The Kier molecular flexibility index (Phi) is 12.8. The predicted molar refractivity (Wildman–Crippen MR) is 249 cm³/mol. The number of carbonyl (C=O) groups is 1. The molecular weight excluding hydrogens is 835 g/mol. The summed E-state index contributed by atoms with van der Waals surface area (Å²) in [4.78, 5) is 31.7. The van der Waals surface area contributed by atoms with Crippen LogP contribution in [0.4, 0.5) is 10.5 Å². The van der Waals surface area contributed by atoms with E-state index < -0.39 is 34.8 Å². The second kappa shape index (κ2) is 19.3. The van der Waals surface area contributed by atoms with E-state index in [1.54, 1.807) is 43.5 Å². The van der Waals surface area contributed by atoms with Crippen LogP contribution in [0.25, 0.3) is 11.1 Å². The van der Waals surface area contributed by atoms with Gasteiger partial charge in [0, 0.05) is 43.2 Å². The van der Waals surface area contributed by atoms with Gasteiger partial charge >= 0.3 is 6.09 Å². The minimum absolute atomic E-state index is 0.0277. The molecular formula is C54H49N3O9. The van der Waals surface area contributed by atoms with Gasteiger partial charge in [-0.1, -0.05) is 121 Å². The highest BCUT2D eigenvalue weighted by Gasteiger charge is 2.48. The molecule has 334 valence electrons. The Labute approximate surface area is 383 Å². The van der Waals surface area contributed by atoms with Gasteiger partial charge in [0.15, 0.2) is 0 Å². The number of amides is 1. The Morgan fingerprint density at radius 2 is 1.30 bits per heavy atom. The van der Waals surface area contributed by atoms with Crippen LogP contribution in [0.3, 0.4) is 0 Å². The second-order valence-electron chi connectivity index (χ2n) is 16.4. The number of hydrogen-bond acceptors (Lipinski definition) is 10. The standard InChI is InChI=1S/C54H49N3O9/c1-62-42-25-19-39(20-26-42)54(38-10-4-3-5-11-38,40-21-27-43(63-2)28-22-40)66-35-50-51(58)32-49(37-18-29-52(55-33-37)64-31-30-36-16-23-41(24-17-36)57(60)61)56(50)53(59)65-34-48-46-14-8-6-12-44(46)45-13-7-9-15-47(45)48/h3-29,33,48-51,58H,30-32,34-35H2,1-2H3/t49-,50-,51+/m1/s1. The fourth-order valence-corrected chi connectivity index (χ4v) is 9.35. The number of fused-ring (bicyclic) bond motifs is 3. The van der Waals surface area contributed by atoms with Gasteiger partial charge in [0.1, 0.15) is 23.7 Å². The largest absolute Gasteiger partial charge is 0.497 e. The Bertz CT molecular complexity index is 2670. The number of aromatic nitrogens is 1. The molecule has 66 heavy (non-hydrogen) atoms. The highest BCUT2D eigenvalue weighted by Crippen LogP contribution is 2.46. The fourth-order valence-electron chi connectivity index (χ4n) is 9.35. The number of nitrogens with zero attached hydrogens (tertiary/aromatic N) is 3. The molecule has 1 fully saturated rings. The highest BCUT2D eigenvalue weighted by molar-refractivity contribution is 5.79. The van der Waals surface area contributed by atoms with Gasteiger partial charge in [-0.15, -0.1) is 0 Å². The molecule has 12 heteroatoms. The van der Waals surface area contributed by atoms with E-state index in [0.29, 0.717) is 36.0 Å². The number of pyridine rings is 1. The van der Waals surface area contributed by atoms with E-state index in [-0.39, 0.29) is 31.2 Å². The molecule has 0 bridgehead atoms. The Balaban J connectivity index is 1.03. The monoisotopic (exact) mass is 883 g/mol. The number of aliphatic hydroxyl groups excluding tert-OH is 1. The summed E-state index contributed by atoms with van der Waals surface area (Å²) in [5.74, 6) is 1.56. The van der Waals surface area contributed by atoms with Gasteiger partial charge in [0.25, 0.3) is 5.69 Å². The van der Waals surface area contributed by atoms with Crippen molar-refractivity contribution in [2.45, 2.75) is 42.5 Å². The van der Waals surface area contributed by atoms with E-state index in [4.69, 9.17) is 23.7 Å². The molecule has 0 saturated carbocycles. The lowest BCUT2D eigenvalue weighted by Crippen LogP contribution is -2.46. The van der Waals surface area contributed by atoms with Gasteiger partial charge < -0.3 is 28.8 Å². The molecule has 0 unspecified atom stereocenters. The van der Waals surface area contributed by atoms with Gasteiger partial charge in [-0.25, -0.2) is 9.78 Å². The first-order chi connectivity index (χ1) is 32.3. The summed E-state index contributed by atoms with van der Waals surface area (Å²) in [6.07, 6.45) is 0.784. The first-order valence-corrected chi connectivity index (χ1v) is 21.9. The van der Waals surface area contributed by atoms with Gasteiger partial charge in [-0.3, -0.25) is 15.0 Å². The first kappa shape index (κ1) is 43.7. The van der Waals surface area contributed by atoms with E-state index >= 15 is 0 Å². The Morgan fingerprint density at radius 3 is 1.86 bits per heavy atom. The number of aliphatic hydroxyl groups is 1. The van der Waals surface area contributed by atoms with Crippen LogP contribution in [0.15, 0.2) is 170 Å². The second-order valence-corrected chi connectivity index (χ2v) is 16.4. The summed E-state index contributed by atoms with van der Waals surface area (Å²) >= 11 is 0. The third-order valence-corrected chi connectivity index (χ3v) is 12.7. The Morgan fingerprint density at radius 1 is 0.727 bits per heavy atom. The molecule has 1 N–H and O–H groups in total. The molecule has 1 aromatic heterocycles. The van der Waals surface area contributed by atoms with Gasteiger partial charge in [-0.2, -0.15) is 0 Å². The van der Waals surface area contributed by atoms with E-state index in [0.717, 1.165) is 44.5 Å². The van der Waals surface area contributed by atoms with Crippen LogP contribution >= 0.6 is 0 Å². The van der Waals surface area contributed by atoms with Crippen LogP contribution in [0.5, 0.6) is 17.4 Å². The molecule has 6 aromatic carbocycles. The number of methoxy groups -OCH3 is 2. The third-order valence-electron chi connectivity index (χ3n) is 12.7. The average molecular weight is 884 g/mol. The summed E-state index contributed by atoms with van der Waals surface area (Å²) in [5, 5.41) is 23.2. The molecule has 7 aromatic rings. The minimum Gasteiger partial charge on any atom is -0.497 e. The molecule has 0 radical (unpaired) electrons. The molecule has 1 amide bonds. The maximum Gasteiger partial charge on any atom is 0.410 e. The zero-order valence-corrected chi connectivity index (χ0v) is 36.6. The highest BCUT2D eigenvalue weighted by atomic mass is 16.6. The van der Waals surface area contributed by atoms with Crippen molar-refractivity contribution < 1.29 is 38.5 Å². The number of hydrogen-bond donors (Lipinski definition) is 1. The van der Waals surface area contributed by atoms with Crippen molar-refractivity contribution in [2.75, 3.05) is 34.0 Å². The fraction of sp³-hybridized carbons (Fsp3) is 0.222. The van der Waals surface area contributed by atoms with Crippen molar-refractivity contribution in [1.29, 1.82) is 0 Å². The maximum absolute atomic E-state index is 14.9. The third kappa shape index (κ3) is 8.68. The lowest BCUT2D eigenvalue weighted by atomic mass is 9.80. The summed E-state index contributed by atoms with van der Waals surface area (Å²) < 4.78 is 30.7. The van der Waals surface area contributed by atoms with Gasteiger partial charge in [-0.05, 0) is 74.3 Å². The van der Waals surface area contributed by atoms with Crippen LogP contribution in [0, 0.1) is 10.1 Å². The number of benzene rings is 6. The van der Waals surface area contributed by atoms with Gasteiger partial charge in [0.05, 0.1) is 50.5 Å². The summed E-state index contributed by atoms with van der Waals surface area (Å²) in [5.41, 5.74) is 7.26. The molecule has 1 aliphatic heterocycles. The minimum atomic E-state index is -1.21. The zero-order valence-electron chi connectivity index (χ0n) is 36.6. The van der Waals surface area contributed by atoms with Crippen LogP contribution in [-0.2, 0) is 21.5 Å². The van der Waals surface area contributed by atoms with E-state index in [9.17, 15) is 20.0 Å². The van der Waals surface area contributed by atoms with E-state index in [2.05, 4.69) is 29.2 Å². The maximum atomic E-state index is 14.9.